The predicted molar refractivity (Wildman–Crippen MR) is 54.1 cm³/mol. The molecule has 5 heteroatoms. The normalized spacial score (nSPS) is 23.1. The Kier molecular flexibility index (Phi) is 4.20. The van der Waals surface area contributed by atoms with Crippen LogP contribution in [-0.2, 0) is 9.59 Å². The number of likely N-dealkylation sites (N-methyl/N-ethyl adjacent to an activating group) is 1. The Balaban J connectivity index is 2.56. The first-order valence-electron chi connectivity index (χ1n) is 4.75. The van der Waals surface area contributed by atoms with Gasteiger partial charge in [0.1, 0.15) is 11.9 Å². The van der Waals surface area contributed by atoms with Crippen molar-refractivity contribution >= 4 is 23.4 Å². The lowest BCUT2D eigenvalue weighted by atomic mass is 10.1. The standard InChI is InChI=1S/C9H15ClN2O2/c1-12-5-3-2-4-7(9(12)14)11-8(13)6-10/h7H,2-6H2,1H3,(H,11,13). The van der Waals surface area contributed by atoms with Crippen molar-refractivity contribution in [2.24, 2.45) is 0 Å². The maximum absolute atomic E-state index is 11.7. The molecule has 1 aliphatic heterocycles. The molecular formula is C9H15ClN2O2. The van der Waals surface area contributed by atoms with Crippen molar-refractivity contribution in [3.8, 4) is 0 Å². The molecule has 1 heterocycles. The average molecular weight is 219 g/mol. The molecule has 1 saturated heterocycles. The summed E-state index contributed by atoms with van der Waals surface area (Å²) in [5.41, 5.74) is 0. The molecule has 80 valence electrons. The SMILES string of the molecule is CN1CCCCC(NC(=O)CCl)C1=O. The average Bonchev–Trinajstić information content (AvgIpc) is 2.33. The number of halogens is 1. The van der Waals surface area contributed by atoms with E-state index in [1.165, 1.54) is 0 Å². The summed E-state index contributed by atoms with van der Waals surface area (Å²) in [4.78, 5) is 24.4. The van der Waals surface area contributed by atoms with E-state index < -0.39 is 0 Å². The van der Waals surface area contributed by atoms with Crippen LogP contribution >= 0.6 is 11.6 Å². The van der Waals surface area contributed by atoms with E-state index in [0.717, 1.165) is 19.4 Å². The van der Waals surface area contributed by atoms with Gasteiger partial charge >= 0.3 is 0 Å². The number of rotatable bonds is 2. The van der Waals surface area contributed by atoms with Gasteiger partial charge in [0.15, 0.2) is 0 Å². The maximum atomic E-state index is 11.7. The Bertz CT molecular complexity index is 233. The Labute approximate surface area is 88.6 Å². The number of hydrogen-bond donors (Lipinski definition) is 1. The van der Waals surface area contributed by atoms with Gasteiger partial charge in [-0.1, -0.05) is 0 Å². The zero-order valence-electron chi connectivity index (χ0n) is 8.25. The van der Waals surface area contributed by atoms with Gasteiger partial charge in [-0.05, 0) is 19.3 Å². The van der Waals surface area contributed by atoms with Crippen LogP contribution < -0.4 is 5.32 Å². The molecule has 1 aliphatic rings. The van der Waals surface area contributed by atoms with Crippen LogP contribution in [0.5, 0.6) is 0 Å². The summed E-state index contributed by atoms with van der Waals surface area (Å²) in [7, 11) is 1.76. The number of amides is 2. The minimum absolute atomic E-state index is 0.0130. The summed E-state index contributed by atoms with van der Waals surface area (Å²) in [6.45, 7) is 0.770. The molecule has 0 saturated carbocycles. The zero-order chi connectivity index (χ0) is 10.6. The van der Waals surface area contributed by atoms with Crippen molar-refractivity contribution in [2.45, 2.75) is 25.3 Å². The molecule has 2 amide bonds. The molecule has 1 rings (SSSR count). The summed E-state index contributed by atoms with van der Waals surface area (Å²) in [6, 6.07) is -0.381. The Hall–Kier alpha value is -0.770. The number of carbonyl (C=O) groups excluding carboxylic acids is 2. The van der Waals surface area contributed by atoms with E-state index in [2.05, 4.69) is 5.32 Å². The summed E-state index contributed by atoms with van der Waals surface area (Å²) in [6.07, 6.45) is 2.67. The van der Waals surface area contributed by atoms with Gasteiger partial charge in [-0.15, -0.1) is 11.6 Å². The van der Waals surface area contributed by atoms with Crippen molar-refractivity contribution in [3.05, 3.63) is 0 Å². The fourth-order valence-electron chi connectivity index (χ4n) is 1.56. The van der Waals surface area contributed by atoms with Crippen LogP contribution in [0.4, 0.5) is 0 Å². The lowest BCUT2D eigenvalue weighted by Gasteiger charge is -2.20. The second-order valence-electron chi connectivity index (χ2n) is 3.51. The molecule has 0 radical (unpaired) electrons. The Morgan fingerprint density at radius 1 is 1.64 bits per heavy atom. The number of nitrogens with zero attached hydrogens (tertiary/aromatic N) is 1. The minimum atomic E-state index is -0.381. The summed E-state index contributed by atoms with van der Waals surface area (Å²) < 4.78 is 0. The van der Waals surface area contributed by atoms with Crippen molar-refractivity contribution in [1.29, 1.82) is 0 Å². The van der Waals surface area contributed by atoms with Gasteiger partial charge in [-0.25, -0.2) is 0 Å². The van der Waals surface area contributed by atoms with Crippen molar-refractivity contribution in [1.82, 2.24) is 10.2 Å². The monoisotopic (exact) mass is 218 g/mol. The lowest BCUT2D eigenvalue weighted by molar-refractivity contribution is -0.134. The second-order valence-corrected chi connectivity index (χ2v) is 3.78. The third-order valence-corrected chi connectivity index (χ3v) is 2.61. The first-order valence-corrected chi connectivity index (χ1v) is 5.29. The number of carbonyl (C=O) groups is 2. The highest BCUT2D eigenvalue weighted by Crippen LogP contribution is 2.10. The fourth-order valence-corrected chi connectivity index (χ4v) is 1.64. The van der Waals surface area contributed by atoms with E-state index in [-0.39, 0.29) is 23.7 Å². The quantitative estimate of drug-likeness (QED) is 0.681. The minimum Gasteiger partial charge on any atom is -0.344 e. The van der Waals surface area contributed by atoms with Crippen LogP contribution in [0.15, 0.2) is 0 Å². The third-order valence-electron chi connectivity index (χ3n) is 2.37. The maximum Gasteiger partial charge on any atom is 0.244 e. The Morgan fingerprint density at radius 2 is 2.36 bits per heavy atom. The van der Waals surface area contributed by atoms with Crippen LogP contribution in [0.3, 0.4) is 0 Å². The molecule has 0 bridgehead atoms. The molecule has 0 aliphatic carbocycles. The molecule has 1 fully saturated rings. The van der Waals surface area contributed by atoms with Gasteiger partial charge in [-0.2, -0.15) is 0 Å². The molecule has 1 atom stereocenters. The first kappa shape index (κ1) is 11.3. The molecule has 0 aromatic carbocycles. The van der Waals surface area contributed by atoms with Crippen molar-refractivity contribution < 1.29 is 9.59 Å². The van der Waals surface area contributed by atoms with E-state index >= 15 is 0 Å². The van der Waals surface area contributed by atoms with Crippen LogP contribution in [-0.4, -0.2) is 42.2 Å². The zero-order valence-corrected chi connectivity index (χ0v) is 9.01. The van der Waals surface area contributed by atoms with Crippen LogP contribution in [0.1, 0.15) is 19.3 Å². The molecule has 0 aromatic rings. The molecule has 0 aromatic heterocycles. The lowest BCUT2D eigenvalue weighted by Crippen LogP contribution is -2.46. The highest BCUT2D eigenvalue weighted by molar-refractivity contribution is 6.27. The highest BCUT2D eigenvalue weighted by Gasteiger charge is 2.25. The van der Waals surface area contributed by atoms with Gasteiger partial charge in [-0.3, -0.25) is 9.59 Å². The van der Waals surface area contributed by atoms with E-state index in [1.54, 1.807) is 11.9 Å². The molecule has 0 spiro atoms. The van der Waals surface area contributed by atoms with Crippen LogP contribution in [0, 0.1) is 0 Å². The molecule has 1 unspecified atom stereocenters. The molecular weight excluding hydrogens is 204 g/mol. The summed E-state index contributed by atoms with van der Waals surface area (Å²) in [5, 5.41) is 2.63. The van der Waals surface area contributed by atoms with E-state index in [1.807, 2.05) is 0 Å². The van der Waals surface area contributed by atoms with Gasteiger partial charge < -0.3 is 10.2 Å². The van der Waals surface area contributed by atoms with E-state index in [4.69, 9.17) is 11.6 Å². The topological polar surface area (TPSA) is 49.4 Å². The number of alkyl halides is 1. The number of likely N-dealkylation sites (tertiary alicyclic amines) is 1. The van der Waals surface area contributed by atoms with E-state index in [9.17, 15) is 9.59 Å². The molecule has 4 nitrogen and oxygen atoms in total. The van der Waals surface area contributed by atoms with Crippen molar-refractivity contribution in [3.63, 3.8) is 0 Å². The highest BCUT2D eigenvalue weighted by atomic mass is 35.5. The third kappa shape index (κ3) is 2.87. The molecule has 1 N–H and O–H groups in total. The largest absolute Gasteiger partial charge is 0.344 e. The van der Waals surface area contributed by atoms with Gasteiger partial charge in [0.05, 0.1) is 0 Å². The Morgan fingerprint density at radius 3 is 3.00 bits per heavy atom. The second kappa shape index (κ2) is 5.20. The molecule has 14 heavy (non-hydrogen) atoms. The predicted octanol–water partition coefficient (Wildman–Crippen LogP) is 0.352. The first-order chi connectivity index (χ1) is 6.65. The smallest absolute Gasteiger partial charge is 0.244 e. The van der Waals surface area contributed by atoms with E-state index in [0.29, 0.717) is 6.42 Å². The van der Waals surface area contributed by atoms with Crippen molar-refractivity contribution in [2.75, 3.05) is 19.5 Å². The van der Waals surface area contributed by atoms with Gasteiger partial charge in [0.2, 0.25) is 11.8 Å². The van der Waals surface area contributed by atoms with Crippen LogP contribution in [0.2, 0.25) is 0 Å². The summed E-state index contributed by atoms with van der Waals surface area (Å²) in [5.74, 6) is -0.380. The van der Waals surface area contributed by atoms with Crippen LogP contribution in [0.25, 0.3) is 0 Å². The van der Waals surface area contributed by atoms with Gasteiger partial charge in [0.25, 0.3) is 0 Å². The number of hydrogen-bond acceptors (Lipinski definition) is 2. The number of nitrogens with one attached hydrogen (secondary N) is 1. The van der Waals surface area contributed by atoms with Gasteiger partial charge in [0, 0.05) is 13.6 Å². The fraction of sp³-hybridized carbons (Fsp3) is 0.778. The summed E-state index contributed by atoms with van der Waals surface area (Å²) >= 11 is 5.36.